The molecule has 1 fully saturated rings. The fourth-order valence-electron chi connectivity index (χ4n) is 1.31. The maximum absolute atomic E-state index is 11.8. The molecule has 0 bridgehead atoms. The van der Waals surface area contributed by atoms with Crippen molar-refractivity contribution < 1.29 is 17.9 Å². The fraction of sp³-hybridized carbons (Fsp3) is 0.889. The molecule has 4 nitrogen and oxygen atoms in total. The summed E-state index contributed by atoms with van der Waals surface area (Å²) < 4.78 is 40.6. The summed E-state index contributed by atoms with van der Waals surface area (Å²) in [5, 5.41) is 0. The van der Waals surface area contributed by atoms with Gasteiger partial charge >= 0.3 is 6.18 Å². The number of halogens is 3. The van der Waals surface area contributed by atoms with Gasteiger partial charge in [0.15, 0.2) is 5.96 Å². The van der Waals surface area contributed by atoms with Crippen LogP contribution >= 0.6 is 11.8 Å². The number of nitrogens with zero attached hydrogens (tertiary/aromatic N) is 2. The predicted molar refractivity (Wildman–Crippen MR) is 62.3 cm³/mol. The Labute approximate surface area is 102 Å². The number of aliphatic imine (C=N–C) groups is 1. The van der Waals surface area contributed by atoms with Crippen LogP contribution < -0.4 is 5.73 Å². The quantitative estimate of drug-likeness (QED) is 0.469. The molecule has 0 aromatic heterocycles. The van der Waals surface area contributed by atoms with Crippen LogP contribution in [0.15, 0.2) is 4.99 Å². The van der Waals surface area contributed by atoms with E-state index < -0.39 is 11.9 Å². The first kappa shape index (κ1) is 14.4. The van der Waals surface area contributed by atoms with Crippen molar-refractivity contribution in [1.29, 1.82) is 0 Å². The number of ether oxygens (including phenoxy) is 1. The normalized spacial score (nSPS) is 18.5. The number of guanidine groups is 1. The van der Waals surface area contributed by atoms with Gasteiger partial charge in [-0.1, -0.05) is 0 Å². The molecule has 1 saturated heterocycles. The van der Waals surface area contributed by atoms with Crippen molar-refractivity contribution in [2.24, 2.45) is 10.7 Å². The SMILES string of the molecule is NC(=NCCSCC(F)(F)F)N1CCOCC1. The van der Waals surface area contributed by atoms with Crippen molar-refractivity contribution in [3.05, 3.63) is 0 Å². The van der Waals surface area contributed by atoms with Crippen molar-refractivity contribution in [2.75, 3.05) is 44.4 Å². The zero-order valence-corrected chi connectivity index (χ0v) is 10.2. The van der Waals surface area contributed by atoms with Gasteiger partial charge < -0.3 is 15.4 Å². The van der Waals surface area contributed by atoms with E-state index >= 15 is 0 Å². The van der Waals surface area contributed by atoms with Crippen LogP contribution in [-0.2, 0) is 4.74 Å². The van der Waals surface area contributed by atoms with Gasteiger partial charge in [0.25, 0.3) is 0 Å². The number of rotatable bonds is 4. The zero-order valence-electron chi connectivity index (χ0n) is 9.37. The highest BCUT2D eigenvalue weighted by Gasteiger charge is 2.26. The summed E-state index contributed by atoms with van der Waals surface area (Å²) in [5.74, 6) is -0.120. The van der Waals surface area contributed by atoms with Crippen LogP contribution in [0.5, 0.6) is 0 Å². The van der Waals surface area contributed by atoms with Crippen LogP contribution in [0.1, 0.15) is 0 Å². The maximum Gasteiger partial charge on any atom is 0.397 e. The Bertz CT molecular complexity index is 254. The van der Waals surface area contributed by atoms with Gasteiger partial charge in [0, 0.05) is 18.8 Å². The molecule has 17 heavy (non-hydrogen) atoms. The molecule has 8 heteroatoms. The minimum absolute atomic E-state index is 0.309. The van der Waals surface area contributed by atoms with Crippen LogP contribution in [0.4, 0.5) is 13.2 Å². The number of hydrogen-bond acceptors (Lipinski definition) is 3. The third-order valence-electron chi connectivity index (χ3n) is 2.11. The summed E-state index contributed by atoms with van der Waals surface area (Å²) in [4.78, 5) is 5.92. The smallest absolute Gasteiger partial charge is 0.378 e. The van der Waals surface area contributed by atoms with Gasteiger partial charge in [0.05, 0.1) is 25.5 Å². The standard InChI is InChI=1S/C9H16F3N3OS/c10-9(11,12)7-17-6-1-14-8(13)15-2-4-16-5-3-15/h1-7H2,(H2,13,14). The van der Waals surface area contributed by atoms with E-state index in [1.165, 1.54) is 0 Å². The minimum atomic E-state index is -4.11. The molecule has 0 radical (unpaired) electrons. The van der Waals surface area contributed by atoms with Crippen LogP contribution in [0.3, 0.4) is 0 Å². The monoisotopic (exact) mass is 271 g/mol. The van der Waals surface area contributed by atoms with Gasteiger partial charge in [-0.3, -0.25) is 4.99 Å². The van der Waals surface area contributed by atoms with Gasteiger partial charge in [0.1, 0.15) is 0 Å². The van der Waals surface area contributed by atoms with Crippen molar-refractivity contribution in [2.45, 2.75) is 6.18 Å². The molecule has 1 heterocycles. The van der Waals surface area contributed by atoms with Crippen molar-refractivity contribution in [3.63, 3.8) is 0 Å². The van der Waals surface area contributed by atoms with Gasteiger partial charge in [-0.05, 0) is 0 Å². The van der Waals surface area contributed by atoms with E-state index in [4.69, 9.17) is 10.5 Å². The van der Waals surface area contributed by atoms with Gasteiger partial charge in [0.2, 0.25) is 0 Å². The lowest BCUT2D eigenvalue weighted by Gasteiger charge is -2.27. The molecule has 100 valence electrons. The third-order valence-corrected chi connectivity index (χ3v) is 3.11. The van der Waals surface area contributed by atoms with E-state index in [0.717, 1.165) is 11.8 Å². The van der Waals surface area contributed by atoms with Crippen LogP contribution in [0, 0.1) is 0 Å². The summed E-state index contributed by atoms with van der Waals surface area (Å²) in [6.07, 6.45) is -4.11. The number of morpholine rings is 1. The molecule has 1 aliphatic rings. The summed E-state index contributed by atoms with van der Waals surface area (Å²) in [6.45, 7) is 2.90. The molecule has 0 amide bonds. The molecule has 0 aliphatic carbocycles. The van der Waals surface area contributed by atoms with Crippen LogP contribution in [0.25, 0.3) is 0 Å². The Hall–Kier alpha value is -0.630. The average Bonchev–Trinajstić information content (AvgIpc) is 2.28. The van der Waals surface area contributed by atoms with Crippen molar-refractivity contribution in [3.8, 4) is 0 Å². The lowest BCUT2D eigenvalue weighted by atomic mass is 10.4. The first-order chi connectivity index (χ1) is 7.99. The minimum Gasteiger partial charge on any atom is -0.378 e. The fourth-order valence-corrected chi connectivity index (χ4v) is 1.90. The van der Waals surface area contributed by atoms with E-state index in [0.29, 0.717) is 44.6 Å². The first-order valence-electron chi connectivity index (χ1n) is 5.26. The number of thioether (sulfide) groups is 1. The first-order valence-corrected chi connectivity index (χ1v) is 6.41. The van der Waals surface area contributed by atoms with E-state index in [1.807, 2.05) is 4.90 Å². The highest BCUT2D eigenvalue weighted by atomic mass is 32.2. The molecular formula is C9H16F3N3OS. The third kappa shape index (κ3) is 6.62. The second-order valence-corrected chi connectivity index (χ2v) is 4.61. The van der Waals surface area contributed by atoms with Gasteiger partial charge in [-0.2, -0.15) is 24.9 Å². The van der Waals surface area contributed by atoms with Crippen LogP contribution in [0.2, 0.25) is 0 Å². The Balaban J connectivity index is 2.14. The molecule has 1 rings (SSSR count). The van der Waals surface area contributed by atoms with Gasteiger partial charge in [-0.25, -0.2) is 0 Å². The second-order valence-electron chi connectivity index (χ2n) is 3.51. The highest BCUT2D eigenvalue weighted by molar-refractivity contribution is 7.99. The maximum atomic E-state index is 11.8. The highest BCUT2D eigenvalue weighted by Crippen LogP contribution is 2.20. The zero-order chi connectivity index (χ0) is 12.7. The molecule has 0 saturated carbocycles. The average molecular weight is 271 g/mol. The molecule has 0 atom stereocenters. The van der Waals surface area contributed by atoms with E-state index in [1.54, 1.807) is 0 Å². The predicted octanol–water partition coefficient (Wildman–Crippen LogP) is 0.929. The molecule has 0 aromatic rings. The number of hydrogen-bond donors (Lipinski definition) is 1. The Morgan fingerprint density at radius 2 is 2.00 bits per heavy atom. The Morgan fingerprint density at radius 1 is 1.35 bits per heavy atom. The molecule has 2 N–H and O–H groups in total. The van der Waals surface area contributed by atoms with Crippen molar-refractivity contribution in [1.82, 2.24) is 4.90 Å². The second kappa shape index (κ2) is 6.95. The van der Waals surface area contributed by atoms with E-state index in [2.05, 4.69) is 4.99 Å². The van der Waals surface area contributed by atoms with Gasteiger partial charge in [-0.15, -0.1) is 0 Å². The Kier molecular flexibility index (Phi) is 5.90. The van der Waals surface area contributed by atoms with E-state index in [9.17, 15) is 13.2 Å². The molecular weight excluding hydrogens is 255 g/mol. The molecule has 0 spiro atoms. The van der Waals surface area contributed by atoms with E-state index in [-0.39, 0.29) is 0 Å². The Morgan fingerprint density at radius 3 is 2.59 bits per heavy atom. The summed E-state index contributed by atoms with van der Waals surface area (Å²) in [6, 6.07) is 0. The number of alkyl halides is 3. The lowest BCUT2D eigenvalue weighted by molar-refractivity contribution is -0.105. The summed E-state index contributed by atoms with van der Waals surface area (Å²) in [7, 11) is 0. The molecule has 0 unspecified atom stereocenters. The van der Waals surface area contributed by atoms with Crippen molar-refractivity contribution >= 4 is 17.7 Å². The summed E-state index contributed by atoms with van der Waals surface area (Å²) in [5.41, 5.74) is 5.71. The summed E-state index contributed by atoms with van der Waals surface area (Å²) >= 11 is 0.818. The molecule has 1 aliphatic heterocycles. The number of nitrogens with two attached hydrogens (primary N) is 1. The lowest BCUT2D eigenvalue weighted by Crippen LogP contribution is -2.44. The topological polar surface area (TPSA) is 50.8 Å². The molecule has 0 aromatic carbocycles. The van der Waals surface area contributed by atoms with Crippen LogP contribution in [-0.4, -0.2) is 61.4 Å². The largest absolute Gasteiger partial charge is 0.397 e.